The van der Waals surface area contributed by atoms with Gasteiger partial charge in [0.2, 0.25) is 0 Å². The lowest BCUT2D eigenvalue weighted by Crippen LogP contribution is -1.84. The van der Waals surface area contributed by atoms with E-state index in [4.69, 9.17) is 15.0 Å². The van der Waals surface area contributed by atoms with Crippen LogP contribution in [0.5, 0.6) is 0 Å². The minimum Gasteiger partial charge on any atom is -0.321 e. The van der Waals surface area contributed by atoms with Crippen LogP contribution in [0.3, 0.4) is 0 Å². The quantitative estimate of drug-likeness (QED) is 0.563. The van der Waals surface area contributed by atoms with Crippen LogP contribution < -0.4 is 0 Å². The first-order valence-corrected chi connectivity index (χ1v) is 5.24. The van der Waals surface area contributed by atoms with E-state index in [1.54, 1.807) is 18.2 Å². The summed E-state index contributed by atoms with van der Waals surface area (Å²) >= 11 is 0. The van der Waals surface area contributed by atoms with Gasteiger partial charge < -0.3 is 9.79 Å². The van der Waals surface area contributed by atoms with E-state index in [1.165, 1.54) is 12.3 Å². The maximum absolute atomic E-state index is 10.7. The number of allylic oxidation sites excluding steroid dienone is 1. The molecular weight excluding hydrogens is 203 g/mol. The second-order valence-corrected chi connectivity index (χ2v) is 4.01. The molecule has 1 heterocycles. The summed E-state index contributed by atoms with van der Waals surface area (Å²) in [6, 6.07) is 6.32. The van der Waals surface area contributed by atoms with Gasteiger partial charge in [0.15, 0.2) is 0 Å². The van der Waals surface area contributed by atoms with Crippen molar-refractivity contribution in [3.63, 3.8) is 0 Å². The second kappa shape index (κ2) is 4.16. The molecule has 1 aromatic rings. The first kappa shape index (κ1) is 10.6. The minimum atomic E-state index is -4.48. The lowest BCUT2D eigenvalue weighted by Gasteiger charge is -1.99. The van der Waals surface area contributed by atoms with Crippen molar-refractivity contribution in [3.05, 3.63) is 35.4 Å². The van der Waals surface area contributed by atoms with Gasteiger partial charge in [-0.15, -0.1) is 0 Å². The predicted octanol–water partition coefficient (Wildman–Crippen LogP) is 1.12. The van der Waals surface area contributed by atoms with Crippen LogP contribution >= 0.6 is 7.60 Å². The highest BCUT2D eigenvalue weighted by Crippen LogP contribution is 2.44. The van der Waals surface area contributed by atoms with E-state index in [2.05, 4.69) is 4.98 Å². The van der Waals surface area contributed by atoms with Crippen molar-refractivity contribution in [2.24, 2.45) is 0 Å². The van der Waals surface area contributed by atoms with Gasteiger partial charge in [0, 0.05) is 6.20 Å². The standard InChI is InChI=1S/C8H7N2O3P/c9-6-8(14(11,12)13)5-7-3-1-2-4-10-7/h1-5H,(H2,11,12,13)/b8-5+. The van der Waals surface area contributed by atoms with Gasteiger partial charge in [0.05, 0.1) is 5.69 Å². The Balaban J connectivity index is 3.11. The van der Waals surface area contributed by atoms with Crippen LogP contribution in [0.2, 0.25) is 0 Å². The van der Waals surface area contributed by atoms with Crippen LogP contribution in [0.4, 0.5) is 0 Å². The Hall–Kier alpha value is -1.47. The van der Waals surface area contributed by atoms with Crippen LogP contribution in [0.15, 0.2) is 29.7 Å². The molecule has 6 heteroatoms. The van der Waals surface area contributed by atoms with Crippen molar-refractivity contribution in [2.75, 3.05) is 0 Å². The molecule has 0 unspecified atom stereocenters. The van der Waals surface area contributed by atoms with Crippen LogP contribution in [-0.2, 0) is 4.57 Å². The molecule has 0 aliphatic carbocycles. The number of nitrogens with zero attached hydrogens (tertiary/aromatic N) is 2. The molecule has 1 rings (SSSR count). The average Bonchev–Trinajstić information content (AvgIpc) is 2.14. The van der Waals surface area contributed by atoms with Gasteiger partial charge in [0.25, 0.3) is 0 Å². The van der Waals surface area contributed by atoms with Crippen molar-refractivity contribution in [2.45, 2.75) is 0 Å². The van der Waals surface area contributed by atoms with Crippen molar-refractivity contribution in [1.82, 2.24) is 4.98 Å². The topological polar surface area (TPSA) is 94.2 Å². The fourth-order valence-corrected chi connectivity index (χ4v) is 1.21. The molecule has 0 spiro atoms. The van der Waals surface area contributed by atoms with E-state index >= 15 is 0 Å². The molecule has 2 N–H and O–H groups in total. The zero-order valence-electron chi connectivity index (χ0n) is 7.03. The smallest absolute Gasteiger partial charge is 0.321 e. The van der Waals surface area contributed by atoms with Crippen LogP contribution in [0, 0.1) is 11.3 Å². The van der Waals surface area contributed by atoms with E-state index in [-0.39, 0.29) is 0 Å². The Morgan fingerprint density at radius 3 is 2.71 bits per heavy atom. The summed E-state index contributed by atoms with van der Waals surface area (Å²) < 4.78 is 10.7. The number of rotatable bonds is 2. The van der Waals surface area contributed by atoms with Gasteiger partial charge >= 0.3 is 7.60 Å². The second-order valence-electron chi connectivity index (χ2n) is 2.44. The lowest BCUT2D eigenvalue weighted by atomic mass is 10.3. The van der Waals surface area contributed by atoms with E-state index in [0.717, 1.165) is 6.08 Å². The van der Waals surface area contributed by atoms with Crippen molar-refractivity contribution >= 4 is 13.7 Å². The van der Waals surface area contributed by atoms with E-state index in [9.17, 15) is 4.57 Å². The highest BCUT2D eigenvalue weighted by Gasteiger charge is 2.20. The Bertz CT molecular complexity index is 430. The van der Waals surface area contributed by atoms with Gasteiger partial charge in [-0.25, -0.2) is 0 Å². The SMILES string of the molecule is N#C/C(=C\c1ccccn1)P(=O)(O)O. The van der Waals surface area contributed by atoms with Crippen molar-refractivity contribution in [3.8, 4) is 6.07 Å². The molecule has 0 saturated heterocycles. The summed E-state index contributed by atoms with van der Waals surface area (Å²) in [7, 11) is -4.48. The molecule has 0 saturated carbocycles. The van der Waals surface area contributed by atoms with Gasteiger partial charge in [-0.2, -0.15) is 5.26 Å². The third kappa shape index (κ3) is 2.79. The summed E-state index contributed by atoms with van der Waals surface area (Å²) in [5.74, 6) is 0. The van der Waals surface area contributed by atoms with Crippen LogP contribution in [0.1, 0.15) is 5.69 Å². The summed E-state index contributed by atoms with van der Waals surface area (Å²) in [4.78, 5) is 21.3. The normalized spacial score (nSPS) is 12.2. The molecular formula is C8H7N2O3P. The molecule has 72 valence electrons. The summed E-state index contributed by atoms with van der Waals surface area (Å²) in [6.07, 6.45) is 2.54. The molecule has 0 fully saturated rings. The van der Waals surface area contributed by atoms with Gasteiger partial charge in [-0.05, 0) is 18.2 Å². The zero-order chi connectivity index (χ0) is 10.6. The van der Waals surface area contributed by atoms with E-state index in [1.807, 2.05) is 0 Å². The molecule has 0 aromatic carbocycles. The van der Waals surface area contributed by atoms with Crippen molar-refractivity contribution in [1.29, 1.82) is 5.26 Å². The zero-order valence-corrected chi connectivity index (χ0v) is 7.93. The molecule has 5 nitrogen and oxygen atoms in total. The monoisotopic (exact) mass is 210 g/mol. The highest BCUT2D eigenvalue weighted by atomic mass is 31.2. The number of hydrogen-bond donors (Lipinski definition) is 2. The average molecular weight is 210 g/mol. The molecule has 0 bridgehead atoms. The Kier molecular flexibility index (Phi) is 3.15. The molecule has 0 aliphatic heterocycles. The first-order valence-electron chi connectivity index (χ1n) is 3.63. The third-order valence-corrected chi connectivity index (χ3v) is 2.26. The predicted molar refractivity (Wildman–Crippen MR) is 49.9 cm³/mol. The highest BCUT2D eigenvalue weighted by molar-refractivity contribution is 7.57. The largest absolute Gasteiger partial charge is 0.366 e. The molecule has 0 atom stereocenters. The summed E-state index contributed by atoms with van der Waals surface area (Å²) in [5.41, 5.74) is 0.340. The number of aromatic nitrogens is 1. The van der Waals surface area contributed by atoms with Crippen LogP contribution in [0.25, 0.3) is 6.08 Å². The van der Waals surface area contributed by atoms with Gasteiger partial charge in [-0.1, -0.05) is 6.07 Å². The van der Waals surface area contributed by atoms with E-state index < -0.39 is 12.9 Å². The van der Waals surface area contributed by atoms with Gasteiger partial charge in [0.1, 0.15) is 11.4 Å². The summed E-state index contributed by atoms with van der Waals surface area (Å²) in [6.45, 7) is 0. The molecule has 0 aliphatic rings. The third-order valence-electron chi connectivity index (χ3n) is 1.40. The maximum Gasteiger partial charge on any atom is 0.366 e. The maximum atomic E-state index is 10.7. The molecule has 14 heavy (non-hydrogen) atoms. The Morgan fingerprint density at radius 2 is 2.29 bits per heavy atom. The minimum absolute atomic E-state index is 0.340. The Labute approximate surface area is 80.5 Å². The molecule has 1 aromatic heterocycles. The van der Waals surface area contributed by atoms with Crippen molar-refractivity contribution < 1.29 is 14.4 Å². The number of pyridine rings is 1. The molecule has 0 amide bonds. The van der Waals surface area contributed by atoms with Gasteiger partial charge in [-0.3, -0.25) is 9.55 Å². The number of nitriles is 1. The lowest BCUT2D eigenvalue weighted by molar-refractivity contribution is 0.384. The van der Waals surface area contributed by atoms with E-state index in [0.29, 0.717) is 5.69 Å². The number of hydrogen-bond acceptors (Lipinski definition) is 3. The fraction of sp³-hybridized carbons (Fsp3) is 0. The fourth-order valence-electron chi connectivity index (χ4n) is 0.783. The first-order chi connectivity index (χ1) is 6.54. The Morgan fingerprint density at radius 1 is 1.57 bits per heavy atom. The summed E-state index contributed by atoms with van der Waals surface area (Å²) in [5, 5.41) is 7.90. The molecule has 0 radical (unpaired) electrons. The van der Waals surface area contributed by atoms with Crippen LogP contribution in [-0.4, -0.2) is 14.8 Å².